The van der Waals surface area contributed by atoms with Crippen LogP contribution in [0.1, 0.15) is 27.9 Å². The van der Waals surface area contributed by atoms with Gasteiger partial charge in [0.1, 0.15) is 5.15 Å². The van der Waals surface area contributed by atoms with Crippen LogP contribution in [-0.4, -0.2) is 33.6 Å². The lowest BCUT2D eigenvalue weighted by atomic mass is 10.0. The molecule has 3 heterocycles. The number of aromatic nitrogens is 2. The molecule has 2 aromatic carbocycles. The molecule has 0 spiro atoms. The standard InChI is InChI=1S/C28H22Cl3F3N4O/c29-19-5-3-17(4-6-19)2-1-10-37-11-8-24-21(16-37)20-13-23(30)22(28(32,33)34)14-25(20)38(24)27(39)36-15-18-7-9-35-26(31)12-18/h1-7,9,12-14H,8,10-11,15-16H2,(H,36,39). The monoisotopic (exact) mass is 592 g/mol. The van der Waals surface area contributed by atoms with Gasteiger partial charge in [0.2, 0.25) is 0 Å². The number of carbonyl (C=O) groups is 1. The first-order valence-corrected chi connectivity index (χ1v) is 13.2. The van der Waals surface area contributed by atoms with Crippen molar-refractivity contribution in [3.05, 3.63) is 104 Å². The Morgan fingerprint density at radius 2 is 1.85 bits per heavy atom. The van der Waals surface area contributed by atoms with Gasteiger partial charge in [0, 0.05) is 54.9 Å². The van der Waals surface area contributed by atoms with Gasteiger partial charge in [-0.2, -0.15) is 13.2 Å². The van der Waals surface area contributed by atoms with E-state index in [4.69, 9.17) is 34.8 Å². The summed E-state index contributed by atoms with van der Waals surface area (Å²) >= 11 is 18.0. The highest BCUT2D eigenvalue weighted by Crippen LogP contribution is 2.40. The Labute approximate surface area is 237 Å². The van der Waals surface area contributed by atoms with Gasteiger partial charge < -0.3 is 5.32 Å². The number of hydrogen-bond acceptors (Lipinski definition) is 3. The molecule has 39 heavy (non-hydrogen) atoms. The zero-order valence-electron chi connectivity index (χ0n) is 20.4. The molecule has 0 aliphatic carbocycles. The van der Waals surface area contributed by atoms with Crippen molar-refractivity contribution in [2.24, 2.45) is 0 Å². The van der Waals surface area contributed by atoms with E-state index in [1.165, 1.54) is 16.8 Å². The maximum Gasteiger partial charge on any atom is 0.417 e. The normalized spacial score (nSPS) is 14.2. The summed E-state index contributed by atoms with van der Waals surface area (Å²) in [5.41, 5.74) is 2.36. The third-order valence-corrected chi connectivity index (χ3v) is 7.37. The van der Waals surface area contributed by atoms with Crippen molar-refractivity contribution < 1.29 is 18.0 Å². The van der Waals surface area contributed by atoms with Gasteiger partial charge in [-0.05, 0) is 53.1 Å². The smallest absolute Gasteiger partial charge is 0.333 e. The van der Waals surface area contributed by atoms with E-state index in [9.17, 15) is 18.0 Å². The van der Waals surface area contributed by atoms with E-state index < -0.39 is 22.8 Å². The Kier molecular flexibility index (Phi) is 7.91. The number of halogens is 6. The van der Waals surface area contributed by atoms with E-state index in [1.54, 1.807) is 12.1 Å². The summed E-state index contributed by atoms with van der Waals surface area (Å²) in [7, 11) is 0. The number of amides is 1. The number of alkyl halides is 3. The van der Waals surface area contributed by atoms with Crippen LogP contribution in [0.3, 0.4) is 0 Å². The van der Waals surface area contributed by atoms with Crippen LogP contribution in [-0.2, 0) is 25.7 Å². The molecule has 1 N–H and O–H groups in total. The number of pyridine rings is 1. The summed E-state index contributed by atoms with van der Waals surface area (Å²) in [5, 5.41) is 3.86. The molecule has 5 rings (SSSR count). The fourth-order valence-electron chi connectivity index (χ4n) is 4.76. The average Bonchev–Trinajstić information content (AvgIpc) is 3.20. The summed E-state index contributed by atoms with van der Waals surface area (Å²) in [6.07, 6.45) is 1.34. The number of nitrogens with one attached hydrogen (secondary N) is 1. The first kappa shape index (κ1) is 27.5. The van der Waals surface area contributed by atoms with Gasteiger partial charge in [-0.15, -0.1) is 0 Å². The summed E-state index contributed by atoms with van der Waals surface area (Å²) in [4.78, 5) is 19.5. The van der Waals surface area contributed by atoms with Crippen molar-refractivity contribution in [3.63, 3.8) is 0 Å². The molecule has 0 radical (unpaired) electrons. The van der Waals surface area contributed by atoms with Crippen molar-refractivity contribution >= 4 is 57.8 Å². The van der Waals surface area contributed by atoms with Crippen molar-refractivity contribution in [3.8, 4) is 0 Å². The predicted molar refractivity (Wildman–Crippen MR) is 148 cm³/mol. The molecule has 5 nitrogen and oxygen atoms in total. The highest BCUT2D eigenvalue weighted by atomic mass is 35.5. The molecule has 1 aliphatic rings. The first-order chi connectivity index (χ1) is 18.6. The van der Waals surface area contributed by atoms with Crippen LogP contribution in [0.4, 0.5) is 18.0 Å². The van der Waals surface area contributed by atoms with E-state index in [1.807, 2.05) is 36.4 Å². The maximum atomic E-state index is 13.7. The lowest BCUT2D eigenvalue weighted by molar-refractivity contribution is -0.137. The predicted octanol–water partition coefficient (Wildman–Crippen LogP) is 7.84. The Morgan fingerprint density at radius 3 is 2.56 bits per heavy atom. The van der Waals surface area contributed by atoms with Gasteiger partial charge in [-0.25, -0.2) is 9.78 Å². The maximum absolute atomic E-state index is 13.7. The molecule has 0 saturated carbocycles. The topological polar surface area (TPSA) is 50.2 Å². The number of rotatable bonds is 5. The van der Waals surface area contributed by atoms with Crippen LogP contribution in [0.25, 0.3) is 17.0 Å². The Balaban J connectivity index is 1.46. The fraction of sp³-hybridized carbons (Fsp3) is 0.214. The first-order valence-electron chi connectivity index (χ1n) is 12.1. The van der Waals surface area contributed by atoms with E-state index in [0.717, 1.165) is 17.2 Å². The molecule has 0 saturated heterocycles. The van der Waals surface area contributed by atoms with Crippen LogP contribution in [0.15, 0.2) is 60.8 Å². The highest BCUT2D eigenvalue weighted by Gasteiger charge is 2.35. The molecule has 1 aliphatic heterocycles. The Hall–Kier alpha value is -3.04. The number of benzene rings is 2. The minimum absolute atomic E-state index is 0.136. The Bertz CT molecular complexity index is 1570. The van der Waals surface area contributed by atoms with Crippen molar-refractivity contribution in [1.29, 1.82) is 0 Å². The Morgan fingerprint density at radius 1 is 1.08 bits per heavy atom. The second kappa shape index (κ2) is 11.2. The molecule has 4 aromatic rings. The van der Waals surface area contributed by atoms with Gasteiger partial charge in [-0.1, -0.05) is 59.1 Å². The number of nitrogens with zero attached hydrogens (tertiary/aromatic N) is 3. The van der Waals surface area contributed by atoms with Crippen molar-refractivity contribution in [2.75, 3.05) is 13.1 Å². The second-order valence-electron chi connectivity index (χ2n) is 9.19. The lowest BCUT2D eigenvalue weighted by Crippen LogP contribution is -2.34. The van der Waals surface area contributed by atoms with Crippen molar-refractivity contribution in [2.45, 2.75) is 25.7 Å². The van der Waals surface area contributed by atoms with Crippen LogP contribution in [0.5, 0.6) is 0 Å². The molecule has 1 amide bonds. The van der Waals surface area contributed by atoms with Gasteiger partial charge >= 0.3 is 12.2 Å². The van der Waals surface area contributed by atoms with E-state index in [-0.39, 0.29) is 17.2 Å². The highest BCUT2D eigenvalue weighted by molar-refractivity contribution is 6.32. The SMILES string of the molecule is O=C(NCc1ccnc(Cl)c1)n1c2c(c3cc(Cl)c(C(F)(F)F)cc31)CN(CC=Cc1ccc(Cl)cc1)CC2. The summed E-state index contributed by atoms with van der Waals surface area (Å²) in [6, 6.07) is 12.5. The molecule has 202 valence electrons. The molecule has 2 aromatic heterocycles. The van der Waals surface area contributed by atoms with Gasteiger partial charge in [0.15, 0.2) is 0 Å². The fourth-order valence-corrected chi connectivity index (χ4v) is 5.35. The average molecular weight is 594 g/mol. The molecule has 0 unspecified atom stereocenters. The zero-order valence-corrected chi connectivity index (χ0v) is 22.7. The third kappa shape index (κ3) is 6.09. The lowest BCUT2D eigenvalue weighted by Gasteiger charge is -2.27. The van der Waals surface area contributed by atoms with E-state index >= 15 is 0 Å². The molecular weight excluding hydrogens is 572 g/mol. The molecular formula is C28H22Cl3F3N4O. The zero-order chi connectivity index (χ0) is 27.7. The summed E-state index contributed by atoms with van der Waals surface area (Å²) in [6.45, 7) is 1.84. The molecule has 0 fully saturated rings. The quantitative estimate of drug-likeness (QED) is 0.240. The van der Waals surface area contributed by atoms with Crippen LogP contribution in [0.2, 0.25) is 15.2 Å². The van der Waals surface area contributed by atoms with E-state index in [2.05, 4.69) is 15.2 Å². The third-order valence-electron chi connectivity index (χ3n) is 6.60. The van der Waals surface area contributed by atoms with Crippen LogP contribution in [0, 0.1) is 0 Å². The largest absolute Gasteiger partial charge is 0.417 e. The summed E-state index contributed by atoms with van der Waals surface area (Å²) in [5.74, 6) is 0. The summed E-state index contributed by atoms with van der Waals surface area (Å²) < 4.78 is 42.5. The molecule has 11 heteroatoms. The van der Waals surface area contributed by atoms with Gasteiger partial charge in [0.25, 0.3) is 0 Å². The molecule has 0 bridgehead atoms. The minimum atomic E-state index is -4.66. The molecule has 0 atom stereocenters. The van der Waals surface area contributed by atoms with Gasteiger partial charge in [-0.3, -0.25) is 9.47 Å². The number of carbonyl (C=O) groups excluding carboxylic acids is 1. The van der Waals surface area contributed by atoms with Gasteiger partial charge in [0.05, 0.1) is 16.1 Å². The minimum Gasteiger partial charge on any atom is -0.333 e. The van der Waals surface area contributed by atoms with E-state index in [0.29, 0.717) is 47.7 Å². The van der Waals surface area contributed by atoms with Crippen LogP contribution < -0.4 is 5.32 Å². The number of hydrogen-bond donors (Lipinski definition) is 1. The second-order valence-corrected chi connectivity index (χ2v) is 10.4. The van der Waals surface area contributed by atoms with Crippen molar-refractivity contribution in [1.82, 2.24) is 19.8 Å². The van der Waals surface area contributed by atoms with Crippen LogP contribution >= 0.6 is 34.8 Å². The number of fused-ring (bicyclic) bond motifs is 3.